The van der Waals surface area contributed by atoms with E-state index in [1.54, 1.807) is 7.05 Å². The van der Waals surface area contributed by atoms with E-state index in [1.165, 1.54) is 0 Å². The molecule has 2 nitrogen and oxygen atoms in total. The highest BCUT2D eigenvalue weighted by atomic mass is 19.4. The summed E-state index contributed by atoms with van der Waals surface area (Å²) >= 11 is 0. The van der Waals surface area contributed by atoms with Crippen molar-refractivity contribution in [1.82, 2.24) is 5.32 Å². The first-order chi connectivity index (χ1) is 5.95. The van der Waals surface area contributed by atoms with Crippen LogP contribution in [-0.4, -0.2) is 25.6 Å². The smallest absolute Gasteiger partial charge is 0.319 e. The molecule has 0 aliphatic carbocycles. The lowest BCUT2D eigenvalue weighted by Gasteiger charge is -2.04. The molecule has 0 aromatic carbocycles. The fourth-order valence-corrected chi connectivity index (χ4v) is 0.875. The second-order valence-corrected chi connectivity index (χ2v) is 2.86. The minimum Gasteiger partial charge on any atom is -0.319 e. The number of ketones is 1. The standard InChI is InChI=1S/C8H14F3NO/c1-12-6-4-7(13)3-2-5-8(9,10)11/h12H,2-6H2,1H3. The van der Waals surface area contributed by atoms with E-state index in [-0.39, 0.29) is 18.6 Å². The number of carbonyl (C=O) groups is 1. The molecule has 0 saturated heterocycles. The van der Waals surface area contributed by atoms with Crippen molar-refractivity contribution in [3.05, 3.63) is 0 Å². The van der Waals surface area contributed by atoms with Gasteiger partial charge in [0.1, 0.15) is 5.78 Å². The van der Waals surface area contributed by atoms with Crippen molar-refractivity contribution in [2.24, 2.45) is 0 Å². The molecule has 0 aliphatic rings. The van der Waals surface area contributed by atoms with Crippen molar-refractivity contribution >= 4 is 5.78 Å². The van der Waals surface area contributed by atoms with Gasteiger partial charge in [-0.2, -0.15) is 13.2 Å². The summed E-state index contributed by atoms with van der Waals surface area (Å²) in [5.41, 5.74) is 0. The van der Waals surface area contributed by atoms with Crippen LogP contribution in [0.15, 0.2) is 0 Å². The summed E-state index contributed by atoms with van der Waals surface area (Å²) < 4.78 is 34.9. The van der Waals surface area contributed by atoms with Crippen LogP contribution >= 0.6 is 0 Å². The number of Topliss-reactive ketones (excluding diaryl/α,β-unsaturated/α-hetero) is 1. The molecule has 0 aromatic rings. The molecule has 0 bridgehead atoms. The van der Waals surface area contributed by atoms with Gasteiger partial charge in [0.15, 0.2) is 0 Å². The van der Waals surface area contributed by atoms with Crippen LogP contribution in [0.4, 0.5) is 13.2 Å². The van der Waals surface area contributed by atoms with Gasteiger partial charge in [0.05, 0.1) is 0 Å². The van der Waals surface area contributed by atoms with E-state index < -0.39 is 12.6 Å². The summed E-state index contributed by atoms with van der Waals surface area (Å²) in [6.45, 7) is 0.533. The zero-order valence-electron chi connectivity index (χ0n) is 7.58. The van der Waals surface area contributed by atoms with Crippen LogP contribution in [0.3, 0.4) is 0 Å². The third-order valence-electron chi connectivity index (χ3n) is 1.57. The van der Waals surface area contributed by atoms with Crippen molar-refractivity contribution in [2.45, 2.75) is 31.9 Å². The second kappa shape index (κ2) is 5.96. The van der Waals surface area contributed by atoms with Crippen LogP contribution < -0.4 is 5.32 Å². The Bertz CT molecular complexity index is 156. The van der Waals surface area contributed by atoms with Gasteiger partial charge in [0, 0.05) is 25.8 Å². The van der Waals surface area contributed by atoms with Gasteiger partial charge in [0.25, 0.3) is 0 Å². The Balaban J connectivity index is 3.37. The Hall–Kier alpha value is -0.580. The maximum Gasteiger partial charge on any atom is 0.389 e. The van der Waals surface area contributed by atoms with Gasteiger partial charge in [-0.05, 0) is 13.5 Å². The summed E-state index contributed by atoms with van der Waals surface area (Å²) in [4.78, 5) is 10.9. The molecule has 0 atom stereocenters. The van der Waals surface area contributed by atoms with Crippen molar-refractivity contribution in [3.63, 3.8) is 0 Å². The number of nitrogens with one attached hydrogen (secondary N) is 1. The van der Waals surface area contributed by atoms with Crippen LogP contribution in [0, 0.1) is 0 Å². The fraction of sp³-hybridized carbons (Fsp3) is 0.875. The number of hydrogen-bond acceptors (Lipinski definition) is 2. The van der Waals surface area contributed by atoms with Crippen molar-refractivity contribution in [2.75, 3.05) is 13.6 Å². The number of carbonyl (C=O) groups excluding carboxylic acids is 1. The van der Waals surface area contributed by atoms with Gasteiger partial charge < -0.3 is 5.32 Å². The van der Waals surface area contributed by atoms with E-state index in [1.807, 2.05) is 0 Å². The lowest BCUT2D eigenvalue weighted by atomic mass is 10.1. The number of rotatable bonds is 6. The van der Waals surface area contributed by atoms with Gasteiger partial charge in [0.2, 0.25) is 0 Å². The Morgan fingerprint density at radius 3 is 2.38 bits per heavy atom. The van der Waals surface area contributed by atoms with E-state index >= 15 is 0 Å². The Morgan fingerprint density at radius 1 is 1.31 bits per heavy atom. The average Bonchev–Trinajstić information content (AvgIpc) is 1.98. The monoisotopic (exact) mass is 197 g/mol. The van der Waals surface area contributed by atoms with Crippen LogP contribution in [0.2, 0.25) is 0 Å². The van der Waals surface area contributed by atoms with Crippen LogP contribution in [-0.2, 0) is 4.79 Å². The van der Waals surface area contributed by atoms with Crippen LogP contribution in [0.25, 0.3) is 0 Å². The molecule has 0 saturated carbocycles. The fourth-order valence-electron chi connectivity index (χ4n) is 0.875. The SMILES string of the molecule is CNCCC(=O)CCCC(F)(F)F. The van der Waals surface area contributed by atoms with Gasteiger partial charge in [-0.1, -0.05) is 0 Å². The summed E-state index contributed by atoms with van der Waals surface area (Å²) in [7, 11) is 1.70. The Morgan fingerprint density at radius 2 is 1.92 bits per heavy atom. The maximum atomic E-state index is 11.6. The first kappa shape index (κ1) is 12.4. The third kappa shape index (κ3) is 9.33. The summed E-state index contributed by atoms with van der Waals surface area (Å²) in [5.74, 6) is -0.112. The first-order valence-corrected chi connectivity index (χ1v) is 4.19. The number of halogens is 3. The zero-order valence-corrected chi connectivity index (χ0v) is 7.58. The van der Waals surface area contributed by atoms with Gasteiger partial charge in [-0.15, -0.1) is 0 Å². The molecule has 0 amide bonds. The molecule has 0 fully saturated rings. The van der Waals surface area contributed by atoms with E-state index in [4.69, 9.17) is 0 Å². The average molecular weight is 197 g/mol. The minimum atomic E-state index is -4.14. The van der Waals surface area contributed by atoms with E-state index in [9.17, 15) is 18.0 Å². The lowest BCUT2D eigenvalue weighted by Crippen LogP contribution is -2.14. The maximum absolute atomic E-state index is 11.6. The third-order valence-corrected chi connectivity index (χ3v) is 1.57. The zero-order chi connectivity index (χ0) is 10.3. The molecule has 0 aromatic heterocycles. The summed E-state index contributed by atoms with van der Waals surface area (Å²) in [6, 6.07) is 0. The van der Waals surface area contributed by atoms with E-state index in [2.05, 4.69) is 5.32 Å². The quantitative estimate of drug-likeness (QED) is 0.704. The second-order valence-electron chi connectivity index (χ2n) is 2.86. The molecule has 0 radical (unpaired) electrons. The van der Waals surface area contributed by atoms with Gasteiger partial charge in [-0.25, -0.2) is 0 Å². The molecule has 0 rings (SSSR count). The minimum absolute atomic E-state index is 0.0290. The van der Waals surface area contributed by atoms with Gasteiger partial charge >= 0.3 is 6.18 Å². The molecule has 1 N–H and O–H groups in total. The molecule has 0 spiro atoms. The van der Waals surface area contributed by atoms with Crippen LogP contribution in [0.5, 0.6) is 0 Å². The van der Waals surface area contributed by atoms with E-state index in [0.29, 0.717) is 13.0 Å². The van der Waals surface area contributed by atoms with Crippen LogP contribution in [0.1, 0.15) is 25.7 Å². The summed E-state index contributed by atoms with van der Waals surface area (Å²) in [6.07, 6.45) is -4.75. The molecular formula is C8H14F3NO. The lowest BCUT2D eigenvalue weighted by molar-refractivity contribution is -0.137. The first-order valence-electron chi connectivity index (χ1n) is 4.19. The highest BCUT2D eigenvalue weighted by molar-refractivity contribution is 5.78. The van der Waals surface area contributed by atoms with Crippen molar-refractivity contribution in [3.8, 4) is 0 Å². The topological polar surface area (TPSA) is 29.1 Å². The molecule has 78 valence electrons. The predicted octanol–water partition coefficient (Wildman–Crippen LogP) is 1.90. The summed E-state index contributed by atoms with van der Waals surface area (Å²) in [5, 5.41) is 2.76. The Kier molecular flexibility index (Phi) is 5.70. The van der Waals surface area contributed by atoms with Crippen molar-refractivity contribution in [1.29, 1.82) is 0 Å². The largest absolute Gasteiger partial charge is 0.389 e. The number of alkyl halides is 3. The molecule has 5 heteroatoms. The molecular weight excluding hydrogens is 183 g/mol. The highest BCUT2D eigenvalue weighted by Gasteiger charge is 2.26. The normalized spacial score (nSPS) is 11.7. The highest BCUT2D eigenvalue weighted by Crippen LogP contribution is 2.22. The molecule has 0 unspecified atom stereocenters. The molecule has 13 heavy (non-hydrogen) atoms. The molecule has 0 aliphatic heterocycles. The predicted molar refractivity (Wildman–Crippen MR) is 43.5 cm³/mol. The number of hydrogen-bond donors (Lipinski definition) is 1. The Labute approximate surface area is 75.5 Å². The van der Waals surface area contributed by atoms with Crippen molar-refractivity contribution < 1.29 is 18.0 Å². The molecule has 0 heterocycles. The van der Waals surface area contributed by atoms with Gasteiger partial charge in [-0.3, -0.25) is 4.79 Å². The van der Waals surface area contributed by atoms with E-state index in [0.717, 1.165) is 0 Å².